The molecule has 2 heterocycles. The summed E-state index contributed by atoms with van der Waals surface area (Å²) in [7, 11) is 3.16. The van der Waals surface area contributed by atoms with E-state index in [-0.39, 0.29) is 11.6 Å². The largest absolute Gasteiger partial charge is 0.493 e. The number of nitrogens with zero attached hydrogens (tertiary/aromatic N) is 4. The third-order valence-corrected chi connectivity index (χ3v) is 5.72. The van der Waals surface area contributed by atoms with E-state index in [1.54, 1.807) is 49.5 Å². The van der Waals surface area contributed by atoms with Crippen LogP contribution in [-0.4, -0.2) is 56.2 Å². The quantitative estimate of drug-likeness (QED) is 0.520. The lowest BCUT2D eigenvalue weighted by Crippen LogP contribution is -2.48. The van der Waals surface area contributed by atoms with Crippen molar-refractivity contribution in [3.05, 3.63) is 70.2 Å². The number of anilines is 1. The molecule has 1 fully saturated rings. The molecule has 0 spiro atoms. The van der Waals surface area contributed by atoms with Gasteiger partial charge in [-0.2, -0.15) is 10.2 Å². The Labute approximate surface area is 202 Å². The molecule has 9 heteroatoms. The fourth-order valence-corrected chi connectivity index (χ4v) is 3.92. The van der Waals surface area contributed by atoms with Gasteiger partial charge in [-0.25, -0.2) is 0 Å². The highest BCUT2D eigenvalue weighted by molar-refractivity contribution is 6.30. The van der Waals surface area contributed by atoms with E-state index in [1.165, 1.54) is 0 Å². The zero-order valence-corrected chi connectivity index (χ0v) is 19.6. The van der Waals surface area contributed by atoms with Gasteiger partial charge in [0.25, 0.3) is 5.91 Å². The van der Waals surface area contributed by atoms with Crippen molar-refractivity contribution in [3.63, 3.8) is 0 Å². The Bertz CT molecular complexity index is 1260. The Kier molecular flexibility index (Phi) is 7.04. The first-order valence-corrected chi connectivity index (χ1v) is 11.0. The van der Waals surface area contributed by atoms with Crippen molar-refractivity contribution in [2.24, 2.45) is 0 Å². The number of nitriles is 1. The summed E-state index contributed by atoms with van der Waals surface area (Å²) in [5, 5.41) is 10.1. The summed E-state index contributed by atoms with van der Waals surface area (Å²) in [5.41, 5.74) is 1.63. The third kappa shape index (κ3) is 5.00. The average molecular weight is 479 g/mol. The topological polar surface area (TPSA) is 91.8 Å². The molecule has 1 amide bonds. The number of oxazole rings is 1. The molecule has 3 aromatic rings. The van der Waals surface area contributed by atoms with Gasteiger partial charge in [0.05, 0.1) is 14.2 Å². The smallest absolute Gasteiger partial charge is 0.254 e. The highest BCUT2D eigenvalue weighted by Crippen LogP contribution is 2.29. The van der Waals surface area contributed by atoms with Gasteiger partial charge in [-0.1, -0.05) is 23.7 Å². The van der Waals surface area contributed by atoms with E-state index in [0.717, 1.165) is 5.56 Å². The molecule has 1 saturated heterocycles. The van der Waals surface area contributed by atoms with E-state index in [2.05, 4.69) is 11.1 Å². The van der Waals surface area contributed by atoms with E-state index in [9.17, 15) is 10.1 Å². The van der Waals surface area contributed by atoms with Crippen molar-refractivity contribution in [1.82, 2.24) is 9.88 Å². The van der Waals surface area contributed by atoms with Crippen LogP contribution < -0.4 is 14.4 Å². The number of benzene rings is 2. The molecule has 0 bridgehead atoms. The van der Waals surface area contributed by atoms with Crippen molar-refractivity contribution in [3.8, 4) is 17.6 Å². The lowest BCUT2D eigenvalue weighted by atomic mass is 10.2. The molecule has 0 atom stereocenters. The molecule has 1 aliphatic heterocycles. The van der Waals surface area contributed by atoms with Crippen molar-refractivity contribution in [1.29, 1.82) is 5.26 Å². The van der Waals surface area contributed by atoms with Crippen LogP contribution in [0.5, 0.6) is 11.5 Å². The Balaban J connectivity index is 1.45. The molecule has 0 radical (unpaired) electrons. The zero-order chi connectivity index (χ0) is 24.1. The first-order valence-electron chi connectivity index (χ1n) is 10.6. The lowest BCUT2D eigenvalue weighted by Gasteiger charge is -2.34. The molecule has 0 unspecified atom stereocenters. The fraction of sp³-hybridized carbons (Fsp3) is 0.240. The van der Waals surface area contributed by atoms with Gasteiger partial charge in [-0.05, 0) is 42.0 Å². The Morgan fingerprint density at radius 3 is 2.53 bits per heavy atom. The van der Waals surface area contributed by atoms with Gasteiger partial charge in [0.2, 0.25) is 17.5 Å². The molecule has 2 aromatic carbocycles. The Hall–Kier alpha value is -3.96. The number of halogens is 1. The van der Waals surface area contributed by atoms with Crippen LogP contribution in [0.15, 0.2) is 46.9 Å². The maximum absolute atomic E-state index is 12.8. The van der Waals surface area contributed by atoms with E-state index in [0.29, 0.717) is 60.0 Å². The predicted octanol–water partition coefficient (Wildman–Crippen LogP) is 4.35. The minimum atomic E-state index is -0.0706. The van der Waals surface area contributed by atoms with Crippen LogP contribution in [-0.2, 0) is 0 Å². The van der Waals surface area contributed by atoms with Gasteiger partial charge in [-0.15, -0.1) is 0 Å². The maximum atomic E-state index is 12.8. The van der Waals surface area contributed by atoms with Crippen LogP contribution in [0.1, 0.15) is 27.5 Å². The average Bonchev–Trinajstić information content (AvgIpc) is 3.30. The Morgan fingerprint density at radius 2 is 1.85 bits per heavy atom. The second-order valence-corrected chi connectivity index (χ2v) is 7.99. The molecule has 0 saturated carbocycles. The first-order chi connectivity index (χ1) is 16.5. The molecule has 174 valence electrons. The van der Waals surface area contributed by atoms with Crippen LogP contribution in [0.25, 0.3) is 12.2 Å². The number of amides is 1. The minimum Gasteiger partial charge on any atom is -0.493 e. The second kappa shape index (κ2) is 10.3. The first kappa shape index (κ1) is 23.2. The number of rotatable bonds is 6. The lowest BCUT2D eigenvalue weighted by molar-refractivity contribution is 0.0745. The van der Waals surface area contributed by atoms with Crippen molar-refractivity contribution >= 4 is 35.5 Å². The molecular weight excluding hydrogens is 456 g/mol. The second-order valence-electron chi connectivity index (χ2n) is 7.56. The van der Waals surface area contributed by atoms with Crippen molar-refractivity contribution < 1.29 is 18.7 Å². The van der Waals surface area contributed by atoms with Crippen LogP contribution >= 0.6 is 11.6 Å². The number of aromatic nitrogens is 1. The molecule has 0 N–H and O–H groups in total. The van der Waals surface area contributed by atoms with E-state index in [1.807, 2.05) is 29.2 Å². The van der Waals surface area contributed by atoms with E-state index >= 15 is 0 Å². The monoisotopic (exact) mass is 478 g/mol. The Morgan fingerprint density at radius 1 is 1.09 bits per heavy atom. The highest BCUT2D eigenvalue weighted by atomic mass is 35.5. The van der Waals surface area contributed by atoms with Gasteiger partial charge in [-0.3, -0.25) is 4.79 Å². The summed E-state index contributed by atoms with van der Waals surface area (Å²) in [6, 6.07) is 14.5. The van der Waals surface area contributed by atoms with E-state index in [4.69, 9.17) is 25.5 Å². The third-order valence-electron chi connectivity index (χ3n) is 5.48. The van der Waals surface area contributed by atoms with Crippen LogP contribution in [0.4, 0.5) is 5.88 Å². The van der Waals surface area contributed by atoms with Crippen LogP contribution in [0, 0.1) is 11.3 Å². The summed E-state index contributed by atoms with van der Waals surface area (Å²) < 4.78 is 16.5. The summed E-state index contributed by atoms with van der Waals surface area (Å²) in [4.78, 5) is 20.8. The minimum absolute atomic E-state index is 0.0706. The number of carbonyl (C=O) groups excluding carboxylic acids is 1. The maximum Gasteiger partial charge on any atom is 0.254 e. The molecule has 1 aliphatic rings. The summed E-state index contributed by atoms with van der Waals surface area (Å²) >= 11 is 6.01. The number of hydrogen-bond acceptors (Lipinski definition) is 7. The molecule has 4 rings (SSSR count). The predicted molar refractivity (Wildman–Crippen MR) is 129 cm³/mol. The number of methoxy groups -OCH3 is 2. The van der Waals surface area contributed by atoms with Gasteiger partial charge < -0.3 is 23.7 Å². The highest BCUT2D eigenvalue weighted by Gasteiger charge is 2.26. The molecular formula is C25H23ClN4O4. The number of hydrogen-bond donors (Lipinski definition) is 0. The number of piperazine rings is 1. The summed E-state index contributed by atoms with van der Waals surface area (Å²) in [6.45, 7) is 2.03. The summed E-state index contributed by atoms with van der Waals surface area (Å²) in [6.07, 6.45) is 3.52. The van der Waals surface area contributed by atoms with Crippen LogP contribution in [0.3, 0.4) is 0 Å². The molecule has 0 aliphatic carbocycles. The number of ether oxygens (including phenoxy) is 2. The fourth-order valence-electron chi connectivity index (χ4n) is 3.73. The molecule has 34 heavy (non-hydrogen) atoms. The SMILES string of the molecule is COc1ccc(C=Cc2nc(C#N)c(N3CCN(C(=O)c4cccc(Cl)c4)CC3)o2)cc1OC. The molecule has 8 nitrogen and oxygen atoms in total. The van der Waals surface area contributed by atoms with Crippen molar-refractivity contribution in [2.45, 2.75) is 0 Å². The van der Waals surface area contributed by atoms with Crippen molar-refractivity contribution in [2.75, 3.05) is 45.3 Å². The number of carbonyl (C=O) groups is 1. The zero-order valence-electron chi connectivity index (χ0n) is 18.8. The van der Waals surface area contributed by atoms with Gasteiger partial charge in [0.1, 0.15) is 6.07 Å². The standard InChI is InChI=1S/C25H23ClN4O4/c1-32-21-8-6-17(14-22(21)33-2)7-9-23-28-20(16-27)25(34-23)30-12-10-29(11-13-30)24(31)18-4-3-5-19(26)15-18/h3-9,14-15H,10-13H2,1-2H3. The summed E-state index contributed by atoms with van der Waals surface area (Å²) in [5.74, 6) is 1.90. The van der Waals surface area contributed by atoms with Crippen LogP contribution in [0.2, 0.25) is 5.02 Å². The molecule has 1 aromatic heterocycles. The van der Waals surface area contributed by atoms with E-state index < -0.39 is 0 Å². The van der Waals surface area contributed by atoms with Gasteiger partial charge >= 0.3 is 0 Å². The normalized spacial score (nSPS) is 13.7. The van der Waals surface area contributed by atoms with Gasteiger partial charge in [0.15, 0.2) is 11.5 Å². The van der Waals surface area contributed by atoms with Gasteiger partial charge in [0, 0.05) is 42.8 Å².